The molecule has 0 bridgehead atoms. The first kappa shape index (κ1) is 19.0. The van der Waals surface area contributed by atoms with E-state index in [1.54, 1.807) is 20.0 Å². The number of halogens is 3. The van der Waals surface area contributed by atoms with Crippen molar-refractivity contribution < 1.29 is 27.9 Å². The lowest BCUT2D eigenvalue weighted by Crippen LogP contribution is -2.33. The van der Waals surface area contributed by atoms with Gasteiger partial charge >= 0.3 is 12.1 Å². The number of aliphatic carboxylic acids is 1. The minimum absolute atomic E-state index is 0.0281. The molecule has 1 amide bonds. The lowest BCUT2D eigenvalue weighted by molar-refractivity contribution is -0.139. The van der Waals surface area contributed by atoms with E-state index in [2.05, 4.69) is 0 Å². The zero-order chi connectivity index (χ0) is 17.6. The average Bonchev–Trinajstić information content (AvgIpc) is 2.45. The predicted molar refractivity (Wildman–Crippen MR) is 78.8 cm³/mol. The van der Waals surface area contributed by atoms with Gasteiger partial charge in [-0.2, -0.15) is 13.2 Å². The zero-order valence-corrected chi connectivity index (χ0v) is 13.1. The van der Waals surface area contributed by atoms with E-state index >= 15 is 0 Å². The number of amides is 1. The molecule has 0 aliphatic carbocycles. The fourth-order valence-corrected chi connectivity index (χ4v) is 2.27. The van der Waals surface area contributed by atoms with Crippen LogP contribution in [-0.2, 0) is 22.2 Å². The highest BCUT2D eigenvalue weighted by molar-refractivity contribution is 5.78. The van der Waals surface area contributed by atoms with Crippen molar-refractivity contribution in [1.82, 2.24) is 4.90 Å². The van der Waals surface area contributed by atoms with Gasteiger partial charge in [-0.25, -0.2) is 0 Å². The largest absolute Gasteiger partial charge is 0.481 e. The molecular weight excluding hydrogens is 311 g/mol. The van der Waals surface area contributed by atoms with Crippen molar-refractivity contribution in [3.63, 3.8) is 0 Å². The molecule has 0 heterocycles. The van der Waals surface area contributed by atoms with E-state index in [-0.39, 0.29) is 18.7 Å². The Labute approximate surface area is 132 Å². The second-order valence-corrected chi connectivity index (χ2v) is 5.56. The maximum Gasteiger partial charge on any atom is 0.416 e. The lowest BCUT2D eigenvalue weighted by atomic mass is 9.98. The minimum atomic E-state index is -4.41. The number of carbonyl (C=O) groups excluding carboxylic acids is 1. The SMILES string of the molecule is CC(Cc1cccc(C(F)(F)F)c1)C(=O)N(C)CCCC(=O)O. The molecule has 1 rings (SSSR count). The van der Waals surface area contributed by atoms with Crippen LogP contribution in [0, 0.1) is 5.92 Å². The Hall–Kier alpha value is -2.05. The van der Waals surface area contributed by atoms with Crippen molar-refractivity contribution in [2.45, 2.75) is 32.4 Å². The van der Waals surface area contributed by atoms with Gasteiger partial charge < -0.3 is 10.0 Å². The summed E-state index contributed by atoms with van der Waals surface area (Å²) in [5, 5.41) is 8.57. The summed E-state index contributed by atoms with van der Waals surface area (Å²) >= 11 is 0. The van der Waals surface area contributed by atoms with E-state index in [0.29, 0.717) is 18.5 Å². The monoisotopic (exact) mass is 331 g/mol. The fourth-order valence-electron chi connectivity index (χ4n) is 2.27. The number of nitrogens with zero attached hydrogens (tertiary/aromatic N) is 1. The number of hydrogen-bond acceptors (Lipinski definition) is 2. The number of carboxylic acids is 1. The van der Waals surface area contributed by atoms with Crippen LogP contribution in [0.3, 0.4) is 0 Å². The smallest absolute Gasteiger partial charge is 0.416 e. The van der Waals surface area contributed by atoms with Crippen LogP contribution in [0.4, 0.5) is 13.2 Å². The molecule has 1 aromatic carbocycles. The Kier molecular flexibility index (Phi) is 6.60. The summed E-state index contributed by atoms with van der Waals surface area (Å²) in [6.45, 7) is 1.95. The van der Waals surface area contributed by atoms with E-state index in [1.165, 1.54) is 11.0 Å². The summed E-state index contributed by atoms with van der Waals surface area (Å²) in [6, 6.07) is 4.93. The molecule has 1 atom stereocenters. The topological polar surface area (TPSA) is 57.6 Å². The summed E-state index contributed by atoms with van der Waals surface area (Å²) < 4.78 is 38.0. The fraction of sp³-hybridized carbons (Fsp3) is 0.500. The van der Waals surface area contributed by atoms with Gasteiger partial charge in [-0.3, -0.25) is 9.59 Å². The highest BCUT2D eigenvalue weighted by atomic mass is 19.4. The first-order chi connectivity index (χ1) is 10.6. The number of hydrogen-bond donors (Lipinski definition) is 1. The quantitative estimate of drug-likeness (QED) is 0.835. The van der Waals surface area contributed by atoms with Crippen LogP contribution in [0.5, 0.6) is 0 Å². The second-order valence-electron chi connectivity index (χ2n) is 5.56. The summed E-state index contributed by atoms with van der Waals surface area (Å²) in [5.74, 6) is -1.62. The zero-order valence-electron chi connectivity index (χ0n) is 13.1. The van der Waals surface area contributed by atoms with Crippen molar-refractivity contribution in [2.24, 2.45) is 5.92 Å². The van der Waals surface area contributed by atoms with E-state index in [1.807, 2.05) is 0 Å². The van der Waals surface area contributed by atoms with E-state index in [0.717, 1.165) is 12.1 Å². The van der Waals surface area contributed by atoms with E-state index < -0.39 is 23.6 Å². The first-order valence-electron chi connectivity index (χ1n) is 7.24. The third-order valence-electron chi connectivity index (χ3n) is 3.48. The molecule has 7 heteroatoms. The highest BCUT2D eigenvalue weighted by Crippen LogP contribution is 2.30. The Morgan fingerprint density at radius 3 is 2.52 bits per heavy atom. The third kappa shape index (κ3) is 6.30. The molecule has 0 spiro atoms. The highest BCUT2D eigenvalue weighted by Gasteiger charge is 2.30. The predicted octanol–water partition coefficient (Wildman–Crippen LogP) is 3.21. The number of rotatable bonds is 7. The van der Waals surface area contributed by atoms with E-state index in [4.69, 9.17) is 5.11 Å². The standard InChI is InChI=1S/C16H20F3NO3/c1-11(15(23)20(2)8-4-7-14(21)22)9-12-5-3-6-13(10-12)16(17,18)19/h3,5-6,10-11H,4,7-9H2,1-2H3,(H,21,22). The first-order valence-corrected chi connectivity index (χ1v) is 7.24. The van der Waals surface area contributed by atoms with Crippen LogP contribution in [-0.4, -0.2) is 35.5 Å². The second kappa shape index (κ2) is 7.99. The molecule has 0 aromatic heterocycles. The molecule has 0 fully saturated rings. The lowest BCUT2D eigenvalue weighted by Gasteiger charge is -2.21. The molecule has 0 saturated heterocycles. The minimum Gasteiger partial charge on any atom is -0.481 e. The number of alkyl halides is 3. The van der Waals surface area contributed by atoms with Crippen LogP contribution < -0.4 is 0 Å². The Balaban J connectivity index is 2.63. The van der Waals surface area contributed by atoms with Gasteiger partial charge in [0.2, 0.25) is 5.91 Å². The molecule has 0 radical (unpaired) electrons. The van der Waals surface area contributed by atoms with Crippen molar-refractivity contribution >= 4 is 11.9 Å². The van der Waals surface area contributed by atoms with Crippen molar-refractivity contribution in [3.8, 4) is 0 Å². The molecule has 0 aliphatic heterocycles. The molecule has 128 valence electrons. The van der Waals surface area contributed by atoms with Gasteiger partial charge in [-0.1, -0.05) is 25.1 Å². The normalized spacial score (nSPS) is 12.7. The van der Waals surface area contributed by atoms with Crippen LogP contribution in [0.2, 0.25) is 0 Å². The summed E-state index contributed by atoms with van der Waals surface area (Å²) in [7, 11) is 1.56. The van der Waals surface area contributed by atoms with Gasteiger partial charge in [0.15, 0.2) is 0 Å². The van der Waals surface area contributed by atoms with Crippen LogP contribution in [0.25, 0.3) is 0 Å². The molecule has 23 heavy (non-hydrogen) atoms. The Bertz CT molecular complexity index is 558. The summed E-state index contributed by atoms with van der Waals surface area (Å²) in [4.78, 5) is 24.0. The van der Waals surface area contributed by atoms with Gasteiger partial charge in [0.05, 0.1) is 5.56 Å². The molecular formula is C16H20F3NO3. The van der Waals surface area contributed by atoms with Crippen molar-refractivity contribution in [3.05, 3.63) is 35.4 Å². The average molecular weight is 331 g/mol. The molecule has 1 unspecified atom stereocenters. The Morgan fingerprint density at radius 1 is 1.30 bits per heavy atom. The molecule has 1 aromatic rings. The van der Waals surface area contributed by atoms with Gasteiger partial charge in [-0.05, 0) is 24.5 Å². The molecule has 0 aliphatic rings. The van der Waals surface area contributed by atoms with Crippen molar-refractivity contribution in [1.29, 1.82) is 0 Å². The van der Waals surface area contributed by atoms with Crippen molar-refractivity contribution in [2.75, 3.05) is 13.6 Å². The van der Waals surface area contributed by atoms with Crippen LogP contribution >= 0.6 is 0 Å². The van der Waals surface area contributed by atoms with Crippen LogP contribution in [0.15, 0.2) is 24.3 Å². The number of carboxylic acid groups (broad SMARTS) is 1. The number of carbonyl (C=O) groups is 2. The molecule has 0 saturated carbocycles. The summed E-state index contributed by atoms with van der Waals surface area (Å²) in [6.07, 6.45) is -3.89. The van der Waals surface area contributed by atoms with Gasteiger partial charge in [0.1, 0.15) is 0 Å². The van der Waals surface area contributed by atoms with Gasteiger partial charge in [-0.15, -0.1) is 0 Å². The van der Waals surface area contributed by atoms with Crippen LogP contribution in [0.1, 0.15) is 30.9 Å². The van der Waals surface area contributed by atoms with E-state index in [9.17, 15) is 22.8 Å². The maximum atomic E-state index is 12.7. The van der Waals surface area contributed by atoms with Gasteiger partial charge in [0.25, 0.3) is 0 Å². The molecule has 4 nitrogen and oxygen atoms in total. The third-order valence-corrected chi connectivity index (χ3v) is 3.48. The summed E-state index contributed by atoms with van der Waals surface area (Å²) in [5.41, 5.74) is -0.288. The van der Waals surface area contributed by atoms with Gasteiger partial charge in [0, 0.05) is 25.9 Å². The molecule has 1 N–H and O–H groups in total. The number of benzene rings is 1. The Morgan fingerprint density at radius 2 is 1.96 bits per heavy atom. The maximum absolute atomic E-state index is 12.7.